The largest absolute Gasteiger partial charge is 0.469 e. The first-order chi connectivity index (χ1) is 7.77. The molecule has 0 aliphatic rings. The molecule has 0 fully saturated rings. The first-order valence-corrected chi connectivity index (χ1v) is 6.57. The van der Waals surface area contributed by atoms with Crippen molar-refractivity contribution >= 4 is 28.9 Å². The fraction of sp³-hybridized carbons (Fsp3) is 0.583. The first-order valence-electron chi connectivity index (χ1n) is 5.37. The molecule has 0 spiro atoms. The number of hydrogen-bond acceptors (Lipinski definition) is 4. The van der Waals surface area contributed by atoms with Crippen LogP contribution < -0.4 is 5.73 Å². The standard InChI is InChI=1S/C12H18ClNO2S/c1-7-5-9(17-10(7)13)8(14)6-12(2,3)11(15)16-4/h5,8H,6,14H2,1-4H3. The van der Waals surface area contributed by atoms with Crippen molar-refractivity contribution in [3.63, 3.8) is 0 Å². The van der Waals surface area contributed by atoms with E-state index in [9.17, 15) is 4.79 Å². The number of esters is 1. The van der Waals surface area contributed by atoms with E-state index >= 15 is 0 Å². The van der Waals surface area contributed by atoms with Gasteiger partial charge in [-0.25, -0.2) is 0 Å². The number of thiophene rings is 1. The molecule has 0 bridgehead atoms. The Morgan fingerprint density at radius 3 is 2.65 bits per heavy atom. The van der Waals surface area contributed by atoms with E-state index in [1.165, 1.54) is 18.4 Å². The lowest BCUT2D eigenvalue weighted by atomic mass is 9.85. The Morgan fingerprint density at radius 2 is 2.24 bits per heavy atom. The molecule has 0 aromatic carbocycles. The normalized spacial score (nSPS) is 13.5. The van der Waals surface area contributed by atoms with E-state index in [0.717, 1.165) is 14.8 Å². The Hall–Kier alpha value is -0.580. The molecule has 1 aromatic rings. The second-order valence-electron chi connectivity index (χ2n) is 4.79. The van der Waals surface area contributed by atoms with Crippen molar-refractivity contribution in [1.82, 2.24) is 0 Å². The van der Waals surface area contributed by atoms with Gasteiger partial charge in [0, 0.05) is 10.9 Å². The van der Waals surface area contributed by atoms with Crippen molar-refractivity contribution < 1.29 is 9.53 Å². The summed E-state index contributed by atoms with van der Waals surface area (Å²) < 4.78 is 5.52. The van der Waals surface area contributed by atoms with E-state index in [2.05, 4.69) is 0 Å². The number of aryl methyl sites for hydroxylation is 1. The predicted octanol–water partition coefficient (Wildman–Crippen LogP) is 3.30. The van der Waals surface area contributed by atoms with E-state index in [1.807, 2.05) is 26.8 Å². The second kappa shape index (κ2) is 5.38. The van der Waals surface area contributed by atoms with Crippen LogP contribution in [-0.2, 0) is 9.53 Å². The molecular formula is C12H18ClNO2S. The van der Waals surface area contributed by atoms with Crippen LogP contribution in [0, 0.1) is 12.3 Å². The van der Waals surface area contributed by atoms with Crippen LogP contribution >= 0.6 is 22.9 Å². The lowest BCUT2D eigenvalue weighted by Crippen LogP contribution is -2.29. The second-order valence-corrected chi connectivity index (χ2v) is 6.48. The monoisotopic (exact) mass is 275 g/mol. The topological polar surface area (TPSA) is 52.3 Å². The number of carbonyl (C=O) groups excluding carboxylic acids is 1. The maximum absolute atomic E-state index is 11.6. The van der Waals surface area contributed by atoms with Crippen molar-refractivity contribution in [2.24, 2.45) is 11.1 Å². The SMILES string of the molecule is COC(=O)C(C)(C)CC(N)c1cc(C)c(Cl)s1. The third kappa shape index (κ3) is 3.44. The minimum Gasteiger partial charge on any atom is -0.469 e. The van der Waals surface area contributed by atoms with Gasteiger partial charge in [0.1, 0.15) is 0 Å². The Kier molecular flexibility index (Phi) is 4.58. The molecule has 0 radical (unpaired) electrons. The lowest BCUT2D eigenvalue weighted by Gasteiger charge is -2.24. The number of hydrogen-bond donors (Lipinski definition) is 1. The summed E-state index contributed by atoms with van der Waals surface area (Å²) >= 11 is 7.48. The lowest BCUT2D eigenvalue weighted by molar-refractivity contribution is -0.151. The smallest absolute Gasteiger partial charge is 0.311 e. The number of methoxy groups -OCH3 is 1. The predicted molar refractivity (Wildman–Crippen MR) is 71.4 cm³/mol. The maximum atomic E-state index is 11.6. The zero-order valence-corrected chi connectivity index (χ0v) is 12.1. The molecule has 1 rings (SSSR count). The molecule has 17 heavy (non-hydrogen) atoms. The number of rotatable bonds is 4. The van der Waals surface area contributed by atoms with Gasteiger partial charge in [0.15, 0.2) is 0 Å². The van der Waals surface area contributed by atoms with Gasteiger partial charge in [-0.05, 0) is 38.8 Å². The molecule has 1 heterocycles. The first kappa shape index (κ1) is 14.5. The minimum absolute atomic E-state index is 0.194. The van der Waals surface area contributed by atoms with Crippen LogP contribution in [-0.4, -0.2) is 13.1 Å². The van der Waals surface area contributed by atoms with Crippen LogP contribution in [0.15, 0.2) is 6.07 Å². The Balaban J connectivity index is 2.78. The van der Waals surface area contributed by atoms with Crippen molar-refractivity contribution in [3.8, 4) is 0 Å². The Morgan fingerprint density at radius 1 is 1.65 bits per heavy atom. The molecule has 0 saturated heterocycles. The van der Waals surface area contributed by atoms with Gasteiger partial charge in [0.25, 0.3) is 0 Å². The van der Waals surface area contributed by atoms with E-state index < -0.39 is 5.41 Å². The highest BCUT2D eigenvalue weighted by Gasteiger charge is 2.31. The molecule has 1 aromatic heterocycles. The van der Waals surface area contributed by atoms with Crippen LogP contribution in [0.25, 0.3) is 0 Å². The number of carbonyl (C=O) groups is 1. The summed E-state index contributed by atoms with van der Waals surface area (Å²) in [6.07, 6.45) is 0.538. The highest BCUT2D eigenvalue weighted by Crippen LogP contribution is 2.35. The number of nitrogens with two attached hydrogens (primary N) is 1. The van der Waals surface area contributed by atoms with Crippen molar-refractivity contribution in [2.75, 3.05) is 7.11 Å². The Bertz CT molecular complexity index is 395. The molecule has 5 heteroatoms. The zero-order valence-electron chi connectivity index (χ0n) is 10.5. The summed E-state index contributed by atoms with van der Waals surface area (Å²) in [6.45, 7) is 5.61. The third-order valence-electron chi connectivity index (χ3n) is 2.71. The minimum atomic E-state index is -0.585. The zero-order chi connectivity index (χ0) is 13.2. The molecule has 1 unspecified atom stereocenters. The molecule has 1 atom stereocenters. The fourth-order valence-corrected chi connectivity index (χ4v) is 2.90. The summed E-state index contributed by atoms with van der Waals surface area (Å²) in [5, 5.41) is 0. The van der Waals surface area contributed by atoms with Crippen molar-refractivity contribution in [3.05, 3.63) is 20.8 Å². The van der Waals surface area contributed by atoms with E-state index in [4.69, 9.17) is 22.1 Å². The summed E-state index contributed by atoms with van der Waals surface area (Å²) in [4.78, 5) is 12.6. The molecule has 0 aliphatic carbocycles. The van der Waals surface area contributed by atoms with Crippen LogP contribution in [0.2, 0.25) is 4.34 Å². The molecule has 96 valence electrons. The highest BCUT2D eigenvalue weighted by molar-refractivity contribution is 7.16. The average molecular weight is 276 g/mol. The molecule has 0 aliphatic heterocycles. The quantitative estimate of drug-likeness (QED) is 0.858. The van der Waals surface area contributed by atoms with Gasteiger partial charge in [0.2, 0.25) is 0 Å². The van der Waals surface area contributed by atoms with Gasteiger partial charge in [0.05, 0.1) is 16.9 Å². The number of halogens is 1. The highest BCUT2D eigenvalue weighted by atomic mass is 35.5. The van der Waals surface area contributed by atoms with Crippen LogP contribution in [0.4, 0.5) is 0 Å². The van der Waals surface area contributed by atoms with E-state index in [1.54, 1.807) is 0 Å². The average Bonchev–Trinajstić information content (AvgIpc) is 2.57. The molecule has 3 nitrogen and oxygen atoms in total. The maximum Gasteiger partial charge on any atom is 0.311 e. The van der Waals surface area contributed by atoms with Crippen LogP contribution in [0.5, 0.6) is 0 Å². The van der Waals surface area contributed by atoms with Gasteiger partial charge >= 0.3 is 5.97 Å². The van der Waals surface area contributed by atoms with E-state index in [-0.39, 0.29) is 12.0 Å². The summed E-state index contributed by atoms with van der Waals surface area (Å²) in [5.74, 6) is -0.243. The van der Waals surface area contributed by atoms with E-state index in [0.29, 0.717) is 6.42 Å². The number of ether oxygens (including phenoxy) is 1. The van der Waals surface area contributed by atoms with Gasteiger partial charge in [-0.15, -0.1) is 11.3 Å². The van der Waals surface area contributed by atoms with Crippen LogP contribution in [0.3, 0.4) is 0 Å². The molecule has 0 amide bonds. The summed E-state index contributed by atoms with van der Waals surface area (Å²) in [5.41, 5.74) is 6.54. The molecule has 0 saturated carbocycles. The van der Waals surface area contributed by atoms with Gasteiger partial charge in [-0.3, -0.25) is 4.79 Å². The Labute approximate surface area is 111 Å². The van der Waals surface area contributed by atoms with Crippen molar-refractivity contribution in [2.45, 2.75) is 33.2 Å². The van der Waals surface area contributed by atoms with Gasteiger partial charge in [-0.1, -0.05) is 11.6 Å². The summed E-state index contributed by atoms with van der Waals surface area (Å²) in [6, 6.07) is 1.78. The third-order valence-corrected chi connectivity index (χ3v) is 4.40. The molecular weight excluding hydrogens is 258 g/mol. The van der Waals surface area contributed by atoms with Crippen LogP contribution in [0.1, 0.15) is 36.8 Å². The van der Waals surface area contributed by atoms with Gasteiger partial charge in [-0.2, -0.15) is 0 Å². The van der Waals surface area contributed by atoms with Crippen molar-refractivity contribution in [1.29, 1.82) is 0 Å². The van der Waals surface area contributed by atoms with Gasteiger partial charge < -0.3 is 10.5 Å². The molecule has 2 N–H and O–H groups in total. The fourth-order valence-electron chi connectivity index (χ4n) is 1.68. The summed E-state index contributed by atoms with van der Waals surface area (Å²) in [7, 11) is 1.39.